The molecule has 2 aromatic carbocycles. The van der Waals surface area contributed by atoms with Crippen molar-refractivity contribution < 1.29 is 28.7 Å². The lowest BCUT2D eigenvalue weighted by molar-refractivity contribution is -0.385. The highest BCUT2D eigenvalue weighted by Crippen LogP contribution is 2.37. The van der Waals surface area contributed by atoms with Crippen LogP contribution >= 0.6 is 0 Å². The van der Waals surface area contributed by atoms with Gasteiger partial charge in [-0.05, 0) is 18.2 Å². The number of ether oxygens (including phenoxy) is 4. The smallest absolute Gasteiger partial charge is 0.282 e. The summed E-state index contributed by atoms with van der Waals surface area (Å²) >= 11 is 0. The molecule has 140 valence electrons. The second-order valence-corrected chi connectivity index (χ2v) is 5.25. The van der Waals surface area contributed by atoms with Crippen LogP contribution in [0.1, 0.15) is 5.56 Å². The van der Waals surface area contributed by atoms with Gasteiger partial charge in [-0.3, -0.25) is 14.9 Å². The second-order valence-electron chi connectivity index (χ2n) is 5.25. The predicted molar refractivity (Wildman–Crippen MR) is 93.4 cm³/mol. The van der Waals surface area contributed by atoms with Crippen molar-refractivity contribution in [3.63, 3.8) is 0 Å². The van der Waals surface area contributed by atoms with Gasteiger partial charge in [0.05, 0.1) is 29.9 Å². The summed E-state index contributed by atoms with van der Waals surface area (Å²) in [6, 6.07) is 9.54. The maximum Gasteiger partial charge on any atom is 0.282 e. The molecule has 0 aliphatic carbocycles. The molecular weight excluding hydrogens is 358 g/mol. The highest BCUT2D eigenvalue weighted by molar-refractivity contribution is 5.88. The van der Waals surface area contributed by atoms with Crippen molar-refractivity contribution in [1.29, 1.82) is 0 Å². The van der Waals surface area contributed by atoms with Crippen molar-refractivity contribution >= 4 is 17.8 Å². The fourth-order valence-corrected chi connectivity index (χ4v) is 2.30. The van der Waals surface area contributed by atoms with Crippen LogP contribution in [-0.4, -0.2) is 37.6 Å². The van der Waals surface area contributed by atoms with Crippen molar-refractivity contribution in [2.75, 3.05) is 20.5 Å². The zero-order chi connectivity index (χ0) is 19.2. The van der Waals surface area contributed by atoms with E-state index < -0.39 is 10.8 Å². The van der Waals surface area contributed by atoms with E-state index in [2.05, 4.69) is 10.5 Å². The molecular formula is C17H15N3O7. The molecule has 1 heterocycles. The van der Waals surface area contributed by atoms with E-state index in [1.807, 2.05) is 0 Å². The highest BCUT2D eigenvalue weighted by atomic mass is 16.7. The lowest BCUT2D eigenvalue weighted by Crippen LogP contribution is -2.24. The summed E-state index contributed by atoms with van der Waals surface area (Å²) in [6.07, 6.45) is 1.15. The number of carbonyl (C=O) groups excluding carboxylic acids is 1. The third-order valence-electron chi connectivity index (χ3n) is 3.54. The molecule has 0 spiro atoms. The summed E-state index contributed by atoms with van der Waals surface area (Å²) in [4.78, 5) is 22.4. The van der Waals surface area contributed by atoms with Gasteiger partial charge in [0, 0.05) is 0 Å². The molecule has 0 aromatic heterocycles. The molecule has 0 atom stereocenters. The number of nitro benzene ring substituents is 1. The van der Waals surface area contributed by atoms with Crippen molar-refractivity contribution in [3.05, 3.63) is 52.1 Å². The van der Waals surface area contributed by atoms with Crippen molar-refractivity contribution in [1.82, 2.24) is 5.43 Å². The van der Waals surface area contributed by atoms with Gasteiger partial charge < -0.3 is 18.9 Å². The number of nitro groups is 1. The first-order chi connectivity index (χ1) is 13.1. The van der Waals surface area contributed by atoms with Crippen LogP contribution in [0.4, 0.5) is 5.69 Å². The Balaban J connectivity index is 1.62. The Labute approximate surface area is 153 Å². The molecule has 0 saturated heterocycles. The fourth-order valence-electron chi connectivity index (χ4n) is 2.30. The largest absolute Gasteiger partial charge is 0.493 e. The van der Waals surface area contributed by atoms with Crippen LogP contribution in [0.2, 0.25) is 0 Å². The van der Waals surface area contributed by atoms with Gasteiger partial charge in [-0.15, -0.1) is 0 Å². The maximum absolute atomic E-state index is 11.8. The first-order valence-electron chi connectivity index (χ1n) is 7.74. The molecule has 1 aliphatic heterocycles. The number of hydrogen-bond acceptors (Lipinski definition) is 8. The Morgan fingerprint density at radius 2 is 2.00 bits per heavy atom. The first kappa shape index (κ1) is 18.0. The van der Waals surface area contributed by atoms with Crippen LogP contribution in [0.3, 0.4) is 0 Å². The number of benzene rings is 2. The molecule has 10 heteroatoms. The molecule has 0 saturated carbocycles. The summed E-state index contributed by atoms with van der Waals surface area (Å²) < 4.78 is 20.8. The van der Waals surface area contributed by atoms with Crippen molar-refractivity contribution in [3.8, 4) is 23.0 Å². The molecule has 0 unspecified atom stereocenters. The normalized spacial score (nSPS) is 12.0. The minimum Gasteiger partial charge on any atom is -0.493 e. The Hall–Kier alpha value is -3.82. The number of methoxy groups -OCH3 is 1. The SMILES string of the molecule is COc1ccccc1OCC(=O)N/N=C\c1cc2c(cc1[N+](=O)[O-])OCO2. The number of para-hydroxylation sites is 2. The maximum atomic E-state index is 11.8. The Morgan fingerprint density at radius 3 is 2.70 bits per heavy atom. The quantitative estimate of drug-likeness (QED) is 0.446. The molecule has 10 nitrogen and oxygen atoms in total. The molecule has 2 aromatic rings. The standard InChI is InChI=1S/C17H15N3O7/c1-24-13-4-2-3-5-14(13)25-9-17(21)19-18-8-11-6-15-16(27-10-26-15)7-12(11)20(22)23/h2-8H,9-10H2,1H3,(H,19,21)/b18-8-. The topological polar surface area (TPSA) is 122 Å². The Kier molecular flexibility index (Phi) is 5.36. The van der Waals surface area contributed by atoms with E-state index in [1.54, 1.807) is 24.3 Å². The number of rotatable bonds is 7. The van der Waals surface area contributed by atoms with Crippen LogP contribution in [0.5, 0.6) is 23.0 Å². The highest BCUT2D eigenvalue weighted by Gasteiger charge is 2.22. The fraction of sp³-hybridized carbons (Fsp3) is 0.176. The second kappa shape index (κ2) is 8.04. The first-order valence-corrected chi connectivity index (χ1v) is 7.74. The molecule has 1 amide bonds. The lowest BCUT2D eigenvalue weighted by Gasteiger charge is -2.09. The van der Waals surface area contributed by atoms with E-state index >= 15 is 0 Å². The van der Waals surface area contributed by atoms with Crippen LogP contribution in [-0.2, 0) is 4.79 Å². The van der Waals surface area contributed by atoms with Gasteiger partial charge in [0.2, 0.25) is 6.79 Å². The van der Waals surface area contributed by atoms with Crippen LogP contribution < -0.4 is 24.4 Å². The van der Waals surface area contributed by atoms with Crippen LogP contribution in [0, 0.1) is 10.1 Å². The molecule has 0 radical (unpaired) electrons. The van der Waals surface area contributed by atoms with Crippen molar-refractivity contribution in [2.24, 2.45) is 5.10 Å². The van der Waals surface area contributed by atoms with Gasteiger partial charge in [0.15, 0.2) is 29.6 Å². The number of amides is 1. The number of hydrazone groups is 1. The predicted octanol–water partition coefficient (Wildman–Crippen LogP) is 1.86. The molecule has 1 aliphatic rings. The number of hydrogen-bond donors (Lipinski definition) is 1. The molecule has 1 N–H and O–H groups in total. The molecule has 0 bridgehead atoms. The Morgan fingerprint density at radius 1 is 1.30 bits per heavy atom. The molecule has 27 heavy (non-hydrogen) atoms. The van der Waals surface area contributed by atoms with E-state index in [4.69, 9.17) is 18.9 Å². The minimum atomic E-state index is -0.573. The van der Waals surface area contributed by atoms with Gasteiger partial charge in [0.25, 0.3) is 11.6 Å². The third kappa shape index (κ3) is 4.24. The van der Waals surface area contributed by atoms with Gasteiger partial charge in [-0.2, -0.15) is 5.10 Å². The van der Waals surface area contributed by atoms with Gasteiger partial charge in [-0.1, -0.05) is 12.1 Å². The Bertz CT molecular complexity index is 898. The number of fused-ring (bicyclic) bond motifs is 1. The van der Waals surface area contributed by atoms with E-state index in [1.165, 1.54) is 19.2 Å². The van der Waals surface area contributed by atoms with Gasteiger partial charge in [0.1, 0.15) is 0 Å². The summed E-state index contributed by atoms with van der Waals surface area (Å²) in [5.74, 6) is 1.01. The van der Waals surface area contributed by atoms with E-state index in [0.29, 0.717) is 17.2 Å². The number of nitrogens with zero attached hydrogens (tertiary/aromatic N) is 2. The average molecular weight is 373 g/mol. The monoisotopic (exact) mass is 373 g/mol. The summed E-state index contributed by atoms with van der Waals surface area (Å²) in [6.45, 7) is -0.314. The van der Waals surface area contributed by atoms with E-state index in [-0.39, 0.29) is 30.4 Å². The average Bonchev–Trinajstić information content (AvgIpc) is 3.13. The zero-order valence-corrected chi connectivity index (χ0v) is 14.2. The van der Waals surface area contributed by atoms with Crippen LogP contribution in [0.25, 0.3) is 0 Å². The number of carbonyl (C=O) groups is 1. The van der Waals surface area contributed by atoms with E-state index in [9.17, 15) is 14.9 Å². The van der Waals surface area contributed by atoms with Crippen molar-refractivity contribution in [2.45, 2.75) is 0 Å². The zero-order valence-electron chi connectivity index (χ0n) is 14.2. The summed E-state index contributed by atoms with van der Waals surface area (Å²) in [5.41, 5.74) is 2.19. The molecule has 0 fully saturated rings. The van der Waals surface area contributed by atoms with Gasteiger partial charge in [-0.25, -0.2) is 5.43 Å². The minimum absolute atomic E-state index is 0.00981. The van der Waals surface area contributed by atoms with Gasteiger partial charge >= 0.3 is 0 Å². The number of nitrogens with one attached hydrogen (secondary N) is 1. The lowest BCUT2D eigenvalue weighted by atomic mass is 10.1. The summed E-state index contributed by atoms with van der Waals surface area (Å²) in [5, 5.41) is 14.9. The molecule has 3 rings (SSSR count). The third-order valence-corrected chi connectivity index (χ3v) is 3.54. The van der Waals surface area contributed by atoms with E-state index in [0.717, 1.165) is 6.21 Å². The van der Waals surface area contributed by atoms with Crippen LogP contribution in [0.15, 0.2) is 41.5 Å². The summed E-state index contributed by atoms with van der Waals surface area (Å²) in [7, 11) is 1.49.